The molecule has 1 heterocycles. The molecule has 29 heavy (non-hydrogen) atoms. The molecule has 0 saturated heterocycles. The zero-order valence-electron chi connectivity index (χ0n) is 16.9. The standard InChI is InChI=1S/C23H25N3O3/c1-16-4-7-19(8-5-16)26-20-13-18(14-24-15-20)23(27)25-11-10-17-6-9-21(28-2)22(12-17)29-3/h4-9,12-15,26H,10-11H2,1-3H3,(H,25,27). The molecule has 0 unspecified atom stereocenters. The van der Waals surface area contributed by atoms with E-state index < -0.39 is 0 Å². The van der Waals surface area contributed by atoms with Crippen molar-refractivity contribution in [2.45, 2.75) is 13.3 Å². The van der Waals surface area contributed by atoms with Crippen LogP contribution in [0, 0.1) is 6.92 Å². The molecule has 150 valence electrons. The van der Waals surface area contributed by atoms with Gasteiger partial charge in [-0.2, -0.15) is 0 Å². The average Bonchev–Trinajstić information content (AvgIpc) is 2.75. The Morgan fingerprint density at radius 3 is 2.41 bits per heavy atom. The largest absolute Gasteiger partial charge is 0.493 e. The van der Waals surface area contributed by atoms with Crippen LogP contribution in [0.3, 0.4) is 0 Å². The maximum atomic E-state index is 12.5. The van der Waals surface area contributed by atoms with E-state index in [9.17, 15) is 4.79 Å². The number of rotatable bonds is 8. The summed E-state index contributed by atoms with van der Waals surface area (Å²) in [4.78, 5) is 16.7. The first-order chi connectivity index (χ1) is 14.1. The summed E-state index contributed by atoms with van der Waals surface area (Å²) in [5.41, 5.74) is 4.46. The fourth-order valence-corrected chi connectivity index (χ4v) is 2.89. The first kappa shape index (κ1) is 20.2. The molecule has 6 nitrogen and oxygen atoms in total. The van der Waals surface area contributed by atoms with Crippen LogP contribution in [0.1, 0.15) is 21.5 Å². The molecule has 6 heteroatoms. The number of ether oxygens (including phenoxy) is 2. The Kier molecular flexibility index (Phi) is 6.68. The highest BCUT2D eigenvalue weighted by Crippen LogP contribution is 2.27. The number of hydrogen-bond acceptors (Lipinski definition) is 5. The van der Waals surface area contributed by atoms with Gasteiger partial charge in [-0.15, -0.1) is 0 Å². The fourth-order valence-electron chi connectivity index (χ4n) is 2.89. The summed E-state index contributed by atoms with van der Waals surface area (Å²) in [6.45, 7) is 2.54. The van der Waals surface area contributed by atoms with Crippen LogP contribution < -0.4 is 20.1 Å². The SMILES string of the molecule is COc1ccc(CCNC(=O)c2cncc(Nc3ccc(C)cc3)c2)cc1OC. The van der Waals surface area contributed by atoms with Gasteiger partial charge in [-0.25, -0.2) is 0 Å². The second-order valence-corrected chi connectivity index (χ2v) is 6.65. The van der Waals surface area contributed by atoms with Crippen molar-refractivity contribution in [2.75, 3.05) is 26.1 Å². The molecular formula is C23H25N3O3. The summed E-state index contributed by atoms with van der Waals surface area (Å²) in [6.07, 6.45) is 3.94. The number of aryl methyl sites for hydroxylation is 1. The van der Waals surface area contributed by atoms with Crippen LogP contribution in [-0.2, 0) is 6.42 Å². The van der Waals surface area contributed by atoms with Crippen LogP contribution in [0.25, 0.3) is 0 Å². The zero-order chi connectivity index (χ0) is 20.6. The monoisotopic (exact) mass is 391 g/mol. The van der Waals surface area contributed by atoms with Crippen LogP contribution >= 0.6 is 0 Å². The molecule has 3 aromatic rings. The lowest BCUT2D eigenvalue weighted by Crippen LogP contribution is -2.25. The highest BCUT2D eigenvalue weighted by Gasteiger charge is 2.08. The number of pyridine rings is 1. The van der Waals surface area contributed by atoms with Crippen LogP contribution in [0.2, 0.25) is 0 Å². The molecule has 0 radical (unpaired) electrons. The molecule has 0 aliphatic carbocycles. The number of carbonyl (C=O) groups excluding carboxylic acids is 1. The number of carbonyl (C=O) groups is 1. The predicted molar refractivity (Wildman–Crippen MR) is 114 cm³/mol. The average molecular weight is 391 g/mol. The molecule has 0 atom stereocenters. The van der Waals surface area contributed by atoms with Gasteiger partial charge in [0.25, 0.3) is 5.91 Å². The molecule has 0 aliphatic heterocycles. The summed E-state index contributed by atoms with van der Waals surface area (Å²) >= 11 is 0. The lowest BCUT2D eigenvalue weighted by Gasteiger charge is -2.11. The van der Waals surface area contributed by atoms with Crippen molar-refractivity contribution in [3.05, 3.63) is 77.6 Å². The Balaban J connectivity index is 1.57. The van der Waals surface area contributed by atoms with E-state index in [4.69, 9.17) is 9.47 Å². The Morgan fingerprint density at radius 2 is 1.69 bits per heavy atom. The third-order valence-electron chi connectivity index (χ3n) is 4.49. The molecule has 0 aliphatic rings. The Hall–Kier alpha value is -3.54. The van der Waals surface area contributed by atoms with E-state index in [1.807, 2.05) is 49.4 Å². The number of benzene rings is 2. The van der Waals surface area contributed by atoms with Crippen molar-refractivity contribution < 1.29 is 14.3 Å². The summed E-state index contributed by atoms with van der Waals surface area (Å²) in [5.74, 6) is 1.20. The van der Waals surface area contributed by atoms with Gasteiger partial charge in [0.05, 0.1) is 31.7 Å². The number of amides is 1. The summed E-state index contributed by atoms with van der Waals surface area (Å²) < 4.78 is 10.6. The van der Waals surface area contributed by atoms with Crippen molar-refractivity contribution in [3.8, 4) is 11.5 Å². The van der Waals surface area contributed by atoms with Crippen LogP contribution in [-0.4, -0.2) is 31.7 Å². The lowest BCUT2D eigenvalue weighted by molar-refractivity contribution is 0.0954. The Labute approximate surface area is 170 Å². The van der Waals surface area contributed by atoms with Crippen LogP contribution in [0.5, 0.6) is 11.5 Å². The maximum absolute atomic E-state index is 12.5. The summed E-state index contributed by atoms with van der Waals surface area (Å²) in [6, 6.07) is 15.6. The van der Waals surface area contributed by atoms with Gasteiger partial charge < -0.3 is 20.1 Å². The smallest absolute Gasteiger partial charge is 0.252 e. The van der Waals surface area contributed by atoms with Gasteiger partial charge in [-0.3, -0.25) is 9.78 Å². The summed E-state index contributed by atoms with van der Waals surface area (Å²) in [7, 11) is 3.21. The van der Waals surface area contributed by atoms with Gasteiger partial charge in [-0.05, 0) is 49.2 Å². The Bertz CT molecular complexity index is 971. The first-order valence-electron chi connectivity index (χ1n) is 9.37. The topological polar surface area (TPSA) is 72.5 Å². The van der Waals surface area contributed by atoms with Gasteiger partial charge in [0.15, 0.2) is 11.5 Å². The molecule has 1 aromatic heterocycles. The van der Waals surface area contributed by atoms with Gasteiger partial charge in [0.1, 0.15) is 0 Å². The minimum atomic E-state index is -0.162. The molecule has 2 N–H and O–H groups in total. The first-order valence-corrected chi connectivity index (χ1v) is 9.37. The van der Waals surface area contributed by atoms with Gasteiger partial charge >= 0.3 is 0 Å². The maximum Gasteiger partial charge on any atom is 0.252 e. The van der Waals surface area contributed by atoms with Crippen molar-refractivity contribution in [1.29, 1.82) is 0 Å². The minimum Gasteiger partial charge on any atom is -0.493 e. The van der Waals surface area contributed by atoms with Crippen molar-refractivity contribution in [2.24, 2.45) is 0 Å². The lowest BCUT2D eigenvalue weighted by atomic mass is 10.1. The number of aromatic nitrogens is 1. The van der Waals surface area contributed by atoms with Crippen LogP contribution in [0.4, 0.5) is 11.4 Å². The minimum absolute atomic E-state index is 0.162. The second kappa shape index (κ2) is 9.59. The highest BCUT2D eigenvalue weighted by atomic mass is 16.5. The molecule has 0 bridgehead atoms. The molecule has 3 rings (SSSR count). The van der Waals surface area contributed by atoms with E-state index >= 15 is 0 Å². The molecule has 2 aromatic carbocycles. The van der Waals surface area contributed by atoms with E-state index in [-0.39, 0.29) is 5.91 Å². The van der Waals surface area contributed by atoms with Crippen molar-refractivity contribution in [1.82, 2.24) is 10.3 Å². The number of nitrogens with one attached hydrogen (secondary N) is 2. The third kappa shape index (κ3) is 5.48. The summed E-state index contributed by atoms with van der Waals surface area (Å²) in [5, 5.41) is 6.20. The van der Waals surface area contributed by atoms with Gasteiger partial charge in [0.2, 0.25) is 0 Å². The number of anilines is 2. The van der Waals surface area contributed by atoms with E-state index in [0.29, 0.717) is 30.0 Å². The Morgan fingerprint density at radius 1 is 0.931 bits per heavy atom. The van der Waals surface area contributed by atoms with E-state index in [1.54, 1.807) is 32.7 Å². The number of hydrogen-bond donors (Lipinski definition) is 2. The van der Waals surface area contributed by atoms with E-state index in [0.717, 1.165) is 16.9 Å². The van der Waals surface area contributed by atoms with Gasteiger partial charge in [0, 0.05) is 18.4 Å². The normalized spacial score (nSPS) is 10.3. The van der Waals surface area contributed by atoms with Crippen LogP contribution in [0.15, 0.2) is 60.9 Å². The molecule has 0 spiro atoms. The zero-order valence-corrected chi connectivity index (χ0v) is 16.9. The number of nitrogens with zero attached hydrogens (tertiary/aromatic N) is 1. The highest BCUT2D eigenvalue weighted by molar-refractivity contribution is 5.94. The molecule has 0 fully saturated rings. The van der Waals surface area contributed by atoms with Crippen molar-refractivity contribution >= 4 is 17.3 Å². The van der Waals surface area contributed by atoms with Gasteiger partial charge in [-0.1, -0.05) is 23.8 Å². The predicted octanol–water partition coefficient (Wildman–Crippen LogP) is 4.12. The van der Waals surface area contributed by atoms with E-state index in [1.165, 1.54) is 5.56 Å². The third-order valence-corrected chi connectivity index (χ3v) is 4.49. The van der Waals surface area contributed by atoms with Crippen molar-refractivity contribution in [3.63, 3.8) is 0 Å². The number of methoxy groups -OCH3 is 2. The van der Waals surface area contributed by atoms with E-state index in [2.05, 4.69) is 15.6 Å². The molecule has 0 saturated carbocycles. The quantitative estimate of drug-likeness (QED) is 0.604. The fraction of sp³-hybridized carbons (Fsp3) is 0.217. The molecular weight excluding hydrogens is 366 g/mol. The second-order valence-electron chi connectivity index (χ2n) is 6.65. The molecule has 1 amide bonds.